The third-order valence-electron chi connectivity index (χ3n) is 8.08. The van der Waals surface area contributed by atoms with Gasteiger partial charge in [-0.15, -0.1) is 0 Å². The summed E-state index contributed by atoms with van der Waals surface area (Å²) in [7, 11) is 1.64. The van der Waals surface area contributed by atoms with Crippen LogP contribution in [-0.2, 0) is 16.8 Å². The van der Waals surface area contributed by atoms with Crippen LogP contribution in [0.5, 0.6) is 0 Å². The van der Waals surface area contributed by atoms with Crippen molar-refractivity contribution in [2.24, 2.45) is 5.41 Å². The average molecular weight is 445 g/mol. The fourth-order valence-corrected chi connectivity index (χ4v) is 5.62. The van der Waals surface area contributed by atoms with Crippen LogP contribution >= 0.6 is 0 Å². The Kier molecular flexibility index (Phi) is 4.21. The maximum Gasteiger partial charge on any atom is 0.159 e. The van der Waals surface area contributed by atoms with E-state index in [0.29, 0.717) is 24.3 Å². The molecule has 33 heavy (non-hydrogen) atoms. The summed E-state index contributed by atoms with van der Waals surface area (Å²) in [5, 5.41) is 26.0. The molecule has 2 aliphatic heterocycles. The fraction of sp³-hybridized carbons (Fsp3) is 0.520. The van der Waals surface area contributed by atoms with Gasteiger partial charge in [0.15, 0.2) is 11.6 Å². The number of methoxy groups -OCH3 is 1. The molecule has 170 valence electrons. The van der Waals surface area contributed by atoms with E-state index in [1.807, 2.05) is 42.9 Å². The predicted octanol–water partition coefficient (Wildman–Crippen LogP) is 3.26. The van der Waals surface area contributed by atoms with E-state index >= 15 is 0 Å². The number of benzene rings is 1. The highest BCUT2D eigenvalue weighted by molar-refractivity contribution is 5.81. The molecule has 2 aromatic heterocycles. The largest absolute Gasteiger partial charge is 0.390 e. The van der Waals surface area contributed by atoms with Gasteiger partial charge in [0.2, 0.25) is 0 Å². The van der Waals surface area contributed by atoms with Gasteiger partial charge in [0.25, 0.3) is 0 Å². The van der Waals surface area contributed by atoms with Crippen LogP contribution in [0.3, 0.4) is 0 Å². The van der Waals surface area contributed by atoms with Crippen molar-refractivity contribution in [2.45, 2.75) is 63.2 Å². The van der Waals surface area contributed by atoms with E-state index in [9.17, 15) is 10.4 Å². The van der Waals surface area contributed by atoms with E-state index in [0.717, 1.165) is 54.5 Å². The molecule has 0 radical (unpaired) electrons. The molecule has 8 heteroatoms. The molecular formula is C25H28N6O2. The van der Waals surface area contributed by atoms with Crippen LogP contribution in [0.4, 0.5) is 5.82 Å². The van der Waals surface area contributed by atoms with Gasteiger partial charge >= 0.3 is 0 Å². The molecule has 0 atom stereocenters. The van der Waals surface area contributed by atoms with E-state index in [1.54, 1.807) is 7.11 Å². The highest BCUT2D eigenvalue weighted by Gasteiger charge is 2.62. The van der Waals surface area contributed by atoms with E-state index in [4.69, 9.17) is 14.7 Å². The monoisotopic (exact) mass is 444 g/mol. The lowest BCUT2D eigenvalue weighted by Crippen LogP contribution is -2.50. The molecule has 2 bridgehead atoms. The first-order valence-corrected chi connectivity index (χ1v) is 11.5. The summed E-state index contributed by atoms with van der Waals surface area (Å²) in [6, 6.07) is 11.0. The first-order chi connectivity index (χ1) is 15.8. The normalized spacial score (nSPS) is 25.2. The zero-order valence-electron chi connectivity index (χ0n) is 19.2. The maximum absolute atomic E-state index is 10.7. The lowest BCUT2D eigenvalue weighted by molar-refractivity contribution is -0.0754. The smallest absolute Gasteiger partial charge is 0.159 e. The minimum absolute atomic E-state index is 0.0899. The number of aromatic nitrogens is 4. The summed E-state index contributed by atoms with van der Waals surface area (Å²) in [6.07, 6.45) is 5.58. The van der Waals surface area contributed by atoms with Crippen molar-refractivity contribution in [3.8, 4) is 11.9 Å². The average Bonchev–Trinajstić information content (AvgIpc) is 3.11. The summed E-state index contributed by atoms with van der Waals surface area (Å²) in [4.78, 5) is 11.8. The molecule has 7 rings (SSSR count). The second kappa shape index (κ2) is 6.75. The van der Waals surface area contributed by atoms with Crippen molar-refractivity contribution in [3.05, 3.63) is 41.9 Å². The maximum atomic E-state index is 10.7. The molecule has 4 aliphatic rings. The van der Waals surface area contributed by atoms with Crippen molar-refractivity contribution < 1.29 is 9.84 Å². The lowest BCUT2D eigenvalue weighted by Gasteiger charge is -2.45. The van der Waals surface area contributed by atoms with Crippen LogP contribution in [0.1, 0.15) is 50.9 Å². The van der Waals surface area contributed by atoms with Gasteiger partial charge in [-0.25, -0.2) is 14.6 Å². The van der Waals surface area contributed by atoms with Gasteiger partial charge in [-0.2, -0.15) is 10.4 Å². The highest BCUT2D eigenvalue weighted by Crippen LogP contribution is 2.58. The Morgan fingerprint density at radius 2 is 1.97 bits per heavy atom. The van der Waals surface area contributed by atoms with Crippen molar-refractivity contribution in [1.82, 2.24) is 19.7 Å². The molecular weight excluding hydrogens is 416 g/mol. The molecule has 1 aromatic carbocycles. The highest BCUT2D eigenvalue weighted by atomic mass is 16.5. The summed E-state index contributed by atoms with van der Waals surface area (Å²) < 4.78 is 7.19. The number of ether oxygens (including phenoxy) is 1. The van der Waals surface area contributed by atoms with E-state index in [1.165, 1.54) is 0 Å². The molecule has 2 aliphatic carbocycles. The Bertz CT molecular complexity index is 1290. The number of rotatable bonds is 6. The predicted molar refractivity (Wildman–Crippen MR) is 123 cm³/mol. The van der Waals surface area contributed by atoms with Crippen LogP contribution < -0.4 is 4.90 Å². The topological polar surface area (TPSA) is 100 Å². The van der Waals surface area contributed by atoms with Crippen LogP contribution in [0.25, 0.3) is 16.7 Å². The van der Waals surface area contributed by atoms with E-state index < -0.39 is 5.60 Å². The molecule has 4 heterocycles. The van der Waals surface area contributed by atoms with Gasteiger partial charge in [0.05, 0.1) is 28.8 Å². The first-order valence-electron chi connectivity index (χ1n) is 11.5. The van der Waals surface area contributed by atoms with Gasteiger partial charge < -0.3 is 14.7 Å². The molecule has 0 amide bonds. The van der Waals surface area contributed by atoms with Gasteiger partial charge in [0, 0.05) is 36.6 Å². The number of nitriles is 1. The Morgan fingerprint density at radius 3 is 2.61 bits per heavy atom. The van der Waals surface area contributed by atoms with E-state index in [-0.39, 0.29) is 10.8 Å². The number of fused-ring (bicyclic) bond motifs is 2. The number of hydrogen-bond acceptors (Lipinski definition) is 7. The zero-order chi connectivity index (χ0) is 23.0. The first kappa shape index (κ1) is 20.6. The number of anilines is 1. The number of aliphatic hydroxyl groups is 1. The SMILES string of the molecule is COCc1nc(N2CC3(C(C)(C)O)CC2C3)cc(-n2ncc3ccc(C4(C#N)CC4)cc32)n1. The summed E-state index contributed by atoms with van der Waals surface area (Å²) >= 11 is 0. The molecule has 2 saturated heterocycles. The lowest BCUT2D eigenvalue weighted by atomic mass is 9.61. The molecule has 3 aromatic rings. The molecule has 2 saturated carbocycles. The third kappa shape index (κ3) is 2.99. The summed E-state index contributed by atoms with van der Waals surface area (Å²) in [5.41, 5.74) is 0.799. The summed E-state index contributed by atoms with van der Waals surface area (Å²) in [5.74, 6) is 2.13. The van der Waals surface area contributed by atoms with Crippen LogP contribution in [0.15, 0.2) is 30.5 Å². The standard InChI is InChI=1S/C25H28N6O2/c1-23(2,32)25-10-18(11-25)30(15-25)21-9-22(29-20(28-21)13-33-3)31-19-8-17(24(14-26)6-7-24)5-4-16(19)12-27-31/h4-5,8-9,12,18,32H,6-7,10-11,13,15H2,1-3H3. The van der Waals surface area contributed by atoms with E-state index in [2.05, 4.69) is 22.1 Å². The molecule has 1 N–H and O–H groups in total. The molecule has 0 unspecified atom stereocenters. The van der Waals surface area contributed by atoms with Gasteiger partial charge in [-0.05, 0) is 51.2 Å². The van der Waals surface area contributed by atoms with Crippen molar-refractivity contribution in [1.29, 1.82) is 5.26 Å². The van der Waals surface area contributed by atoms with Crippen LogP contribution in [0.2, 0.25) is 0 Å². The zero-order valence-corrected chi connectivity index (χ0v) is 19.2. The van der Waals surface area contributed by atoms with Crippen molar-refractivity contribution in [3.63, 3.8) is 0 Å². The van der Waals surface area contributed by atoms with Gasteiger partial charge in [-0.1, -0.05) is 12.1 Å². The fourth-order valence-electron chi connectivity index (χ4n) is 5.62. The van der Waals surface area contributed by atoms with Crippen LogP contribution in [0, 0.1) is 16.7 Å². The second-order valence-corrected chi connectivity index (χ2v) is 10.5. The second-order valence-electron chi connectivity index (χ2n) is 10.5. The Labute approximate surface area is 192 Å². The minimum Gasteiger partial charge on any atom is -0.390 e. The van der Waals surface area contributed by atoms with Gasteiger partial charge in [-0.3, -0.25) is 0 Å². The minimum atomic E-state index is -0.725. The molecule has 8 nitrogen and oxygen atoms in total. The third-order valence-corrected chi connectivity index (χ3v) is 8.08. The van der Waals surface area contributed by atoms with Crippen molar-refractivity contribution >= 4 is 16.7 Å². The van der Waals surface area contributed by atoms with Crippen molar-refractivity contribution in [2.75, 3.05) is 18.6 Å². The Balaban J connectivity index is 1.42. The molecule has 4 fully saturated rings. The number of nitrogens with zero attached hydrogens (tertiary/aromatic N) is 6. The Hall–Kier alpha value is -3.02. The van der Waals surface area contributed by atoms with Crippen LogP contribution in [-0.4, -0.2) is 50.2 Å². The quantitative estimate of drug-likeness (QED) is 0.623. The Morgan fingerprint density at radius 1 is 1.21 bits per heavy atom. The van der Waals surface area contributed by atoms with Gasteiger partial charge in [0.1, 0.15) is 12.4 Å². The molecule has 0 spiro atoms. The number of hydrogen-bond donors (Lipinski definition) is 1. The summed E-state index contributed by atoms with van der Waals surface area (Å²) in [6.45, 7) is 4.91.